The molecule has 1 aromatic heterocycles. The van der Waals surface area contributed by atoms with Gasteiger partial charge < -0.3 is 15.1 Å². The van der Waals surface area contributed by atoms with Crippen LogP contribution in [0.4, 0.5) is 11.4 Å². The quantitative estimate of drug-likeness (QED) is 0.603. The van der Waals surface area contributed by atoms with Crippen molar-refractivity contribution in [1.82, 2.24) is 10.2 Å². The average Bonchev–Trinajstić information content (AvgIpc) is 3.09. The number of halogens is 1. The minimum atomic E-state index is -0.230. The summed E-state index contributed by atoms with van der Waals surface area (Å²) in [4.78, 5) is 23.2. The average molecular weight is 403 g/mol. The lowest BCUT2D eigenvalue weighted by molar-refractivity contribution is -0.114. The minimum Gasteiger partial charge on any atom is -0.411 e. The third-order valence-electron chi connectivity index (χ3n) is 3.29. The van der Waals surface area contributed by atoms with Gasteiger partial charge in [0.1, 0.15) is 0 Å². The lowest BCUT2D eigenvalue weighted by atomic mass is 10.2. The predicted molar refractivity (Wildman–Crippen MR) is 105 cm³/mol. The fourth-order valence-electron chi connectivity index (χ4n) is 2.18. The molecule has 0 bridgehead atoms. The molecule has 0 unspecified atom stereocenters. The molecular formula is C18H15ClN4O3S. The van der Waals surface area contributed by atoms with Crippen LogP contribution >= 0.6 is 23.4 Å². The number of nitrogens with one attached hydrogen (secondary N) is 2. The summed E-state index contributed by atoms with van der Waals surface area (Å²) < 4.78 is 5.54. The summed E-state index contributed by atoms with van der Waals surface area (Å²) in [5, 5.41) is 14.2. The molecule has 0 spiro atoms. The summed E-state index contributed by atoms with van der Waals surface area (Å²) >= 11 is 6.99. The van der Waals surface area contributed by atoms with E-state index in [0.717, 1.165) is 17.3 Å². The van der Waals surface area contributed by atoms with Crippen molar-refractivity contribution in [3.05, 3.63) is 53.6 Å². The summed E-state index contributed by atoms with van der Waals surface area (Å²) in [6.07, 6.45) is 0. The van der Waals surface area contributed by atoms with Crippen molar-refractivity contribution in [2.45, 2.75) is 12.1 Å². The molecule has 2 amide bonds. The van der Waals surface area contributed by atoms with Crippen molar-refractivity contribution in [3.63, 3.8) is 0 Å². The molecule has 0 saturated heterocycles. The van der Waals surface area contributed by atoms with Crippen molar-refractivity contribution < 1.29 is 14.0 Å². The standard InChI is InChI=1S/C18H15ClN4O3S/c1-11(24)20-14-3-2-4-15(9-14)21-16(25)10-27-18-23-22-17(26-18)12-5-7-13(19)8-6-12/h2-9H,10H2,1H3,(H,20,24)(H,21,25). The maximum Gasteiger partial charge on any atom is 0.277 e. The highest BCUT2D eigenvalue weighted by Gasteiger charge is 2.11. The van der Waals surface area contributed by atoms with Crippen LogP contribution in [-0.2, 0) is 9.59 Å². The van der Waals surface area contributed by atoms with Crippen LogP contribution in [0.3, 0.4) is 0 Å². The number of benzene rings is 2. The van der Waals surface area contributed by atoms with Gasteiger partial charge in [-0.3, -0.25) is 9.59 Å². The Balaban J connectivity index is 1.55. The van der Waals surface area contributed by atoms with E-state index in [1.54, 1.807) is 48.5 Å². The highest BCUT2D eigenvalue weighted by molar-refractivity contribution is 7.99. The maximum absolute atomic E-state index is 12.1. The minimum absolute atomic E-state index is 0.104. The Morgan fingerprint density at radius 1 is 1.07 bits per heavy atom. The summed E-state index contributed by atoms with van der Waals surface area (Å²) in [7, 11) is 0. The van der Waals surface area contributed by atoms with Gasteiger partial charge in [0.25, 0.3) is 5.22 Å². The number of rotatable bonds is 6. The van der Waals surface area contributed by atoms with E-state index in [1.165, 1.54) is 6.92 Å². The number of hydrogen-bond acceptors (Lipinski definition) is 6. The maximum atomic E-state index is 12.1. The number of thioether (sulfide) groups is 1. The largest absolute Gasteiger partial charge is 0.411 e. The molecule has 1 heterocycles. The molecular weight excluding hydrogens is 388 g/mol. The molecule has 9 heteroatoms. The van der Waals surface area contributed by atoms with E-state index in [2.05, 4.69) is 20.8 Å². The molecule has 0 saturated carbocycles. The van der Waals surface area contributed by atoms with Gasteiger partial charge in [-0.2, -0.15) is 0 Å². The zero-order valence-corrected chi connectivity index (χ0v) is 15.8. The highest BCUT2D eigenvalue weighted by atomic mass is 35.5. The van der Waals surface area contributed by atoms with Crippen molar-refractivity contribution >= 4 is 46.6 Å². The van der Waals surface area contributed by atoms with E-state index in [1.807, 2.05) is 0 Å². The van der Waals surface area contributed by atoms with E-state index in [-0.39, 0.29) is 17.6 Å². The molecule has 138 valence electrons. The van der Waals surface area contributed by atoms with Crippen molar-refractivity contribution in [1.29, 1.82) is 0 Å². The molecule has 2 N–H and O–H groups in total. The highest BCUT2D eigenvalue weighted by Crippen LogP contribution is 2.24. The number of aromatic nitrogens is 2. The zero-order chi connectivity index (χ0) is 19.2. The fraction of sp³-hybridized carbons (Fsp3) is 0.111. The molecule has 3 aromatic rings. The Morgan fingerprint density at radius 3 is 2.48 bits per heavy atom. The van der Waals surface area contributed by atoms with Gasteiger partial charge in [0, 0.05) is 28.9 Å². The number of hydrogen-bond donors (Lipinski definition) is 2. The van der Waals surface area contributed by atoms with Gasteiger partial charge in [-0.25, -0.2) is 0 Å². The van der Waals surface area contributed by atoms with Crippen LogP contribution in [0.2, 0.25) is 5.02 Å². The summed E-state index contributed by atoms with van der Waals surface area (Å²) in [5.41, 5.74) is 1.94. The van der Waals surface area contributed by atoms with Gasteiger partial charge in [0.15, 0.2) is 0 Å². The first-order valence-electron chi connectivity index (χ1n) is 7.89. The van der Waals surface area contributed by atoms with Crippen LogP contribution in [0, 0.1) is 0 Å². The number of anilines is 2. The molecule has 0 aliphatic rings. The van der Waals surface area contributed by atoms with Gasteiger partial charge in [-0.1, -0.05) is 29.4 Å². The van der Waals surface area contributed by atoms with Crippen LogP contribution in [-0.4, -0.2) is 27.8 Å². The van der Waals surface area contributed by atoms with E-state index >= 15 is 0 Å². The van der Waals surface area contributed by atoms with Crippen molar-refractivity contribution in [2.75, 3.05) is 16.4 Å². The molecule has 2 aromatic carbocycles. The molecule has 0 fully saturated rings. The molecule has 27 heavy (non-hydrogen) atoms. The summed E-state index contributed by atoms with van der Waals surface area (Å²) in [6, 6.07) is 13.9. The first kappa shape index (κ1) is 18.9. The van der Waals surface area contributed by atoms with Crippen LogP contribution in [0.5, 0.6) is 0 Å². The second-order valence-electron chi connectivity index (χ2n) is 5.48. The second kappa shape index (κ2) is 8.70. The molecule has 0 aliphatic carbocycles. The van der Waals surface area contributed by atoms with Crippen LogP contribution in [0.1, 0.15) is 6.92 Å². The molecule has 0 aliphatic heterocycles. The second-order valence-corrected chi connectivity index (χ2v) is 6.84. The van der Waals surface area contributed by atoms with Gasteiger partial charge in [0.05, 0.1) is 5.75 Å². The predicted octanol–water partition coefficient (Wildman–Crippen LogP) is 4.08. The third-order valence-corrected chi connectivity index (χ3v) is 4.36. The summed E-state index contributed by atoms with van der Waals surface area (Å²) in [5.74, 6) is 0.0535. The van der Waals surface area contributed by atoms with Gasteiger partial charge >= 0.3 is 0 Å². The lowest BCUT2D eigenvalue weighted by Gasteiger charge is -2.07. The van der Waals surface area contributed by atoms with Crippen LogP contribution < -0.4 is 10.6 Å². The Labute approximate surface area is 164 Å². The zero-order valence-electron chi connectivity index (χ0n) is 14.2. The monoisotopic (exact) mass is 402 g/mol. The molecule has 0 radical (unpaired) electrons. The summed E-state index contributed by atoms with van der Waals surface area (Å²) in [6.45, 7) is 1.42. The number of nitrogens with zero attached hydrogens (tertiary/aromatic N) is 2. The first-order chi connectivity index (χ1) is 13.0. The SMILES string of the molecule is CC(=O)Nc1cccc(NC(=O)CSc2nnc(-c3ccc(Cl)cc3)o2)c1. The number of carbonyl (C=O) groups is 2. The fourth-order valence-corrected chi connectivity index (χ4v) is 2.87. The van der Waals surface area contributed by atoms with E-state index in [9.17, 15) is 9.59 Å². The van der Waals surface area contributed by atoms with Gasteiger partial charge in [0.2, 0.25) is 17.7 Å². The van der Waals surface area contributed by atoms with E-state index < -0.39 is 0 Å². The van der Waals surface area contributed by atoms with Crippen LogP contribution in [0.15, 0.2) is 58.2 Å². The van der Waals surface area contributed by atoms with Crippen molar-refractivity contribution in [3.8, 4) is 11.5 Å². The Bertz CT molecular complexity index is 959. The first-order valence-corrected chi connectivity index (χ1v) is 9.26. The van der Waals surface area contributed by atoms with Crippen molar-refractivity contribution in [2.24, 2.45) is 0 Å². The Hall–Kier alpha value is -2.84. The van der Waals surface area contributed by atoms with Gasteiger partial charge in [-0.15, -0.1) is 10.2 Å². The molecule has 0 atom stereocenters. The Kier molecular flexibility index (Phi) is 6.10. The third kappa shape index (κ3) is 5.57. The Morgan fingerprint density at radius 2 is 1.78 bits per heavy atom. The normalized spacial score (nSPS) is 10.4. The smallest absolute Gasteiger partial charge is 0.277 e. The number of amides is 2. The van der Waals surface area contributed by atoms with E-state index in [0.29, 0.717) is 27.5 Å². The lowest BCUT2D eigenvalue weighted by Crippen LogP contribution is -2.14. The van der Waals surface area contributed by atoms with Gasteiger partial charge in [-0.05, 0) is 42.5 Å². The topological polar surface area (TPSA) is 97.1 Å². The van der Waals surface area contributed by atoms with Crippen LogP contribution in [0.25, 0.3) is 11.5 Å². The van der Waals surface area contributed by atoms with E-state index in [4.69, 9.17) is 16.0 Å². The molecule has 7 nitrogen and oxygen atoms in total. The molecule has 3 rings (SSSR count). The number of carbonyl (C=O) groups excluding carboxylic acids is 2.